The molecule has 0 aromatic rings. The Morgan fingerprint density at radius 2 is 1.87 bits per heavy atom. The lowest BCUT2D eigenvalue weighted by Crippen LogP contribution is -2.31. The van der Waals surface area contributed by atoms with E-state index < -0.39 is 5.97 Å². The van der Waals surface area contributed by atoms with Crippen molar-refractivity contribution in [1.82, 2.24) is 5.32 Å². The third kappa shape index (κ3) is 9.21. The van der Waals surface area contributed by atoms with Crippen LogP contribution in [0.3, 0.4) is 0 Å². The first kappa shape index (κ1) is 13.9. The number of nitrogens with one attached hydrogen (secondary N) is 1. The van der Waals surface area contributed by atoms with Crippen LogP contribution < -0.4 is 5.32 Å². The highest BCUT2D eigenvalue weighted by molar-refractivity contribution is 5.81. The van der Waals surface area contributed by atoms with Crippen LogP contribution >= 0.6 is 0 Å². The molecule has 0 heterocycles. The first-order valence-electron chi connectivity index (χ1n) is 4.82. The third-order valence-corrected chi connectivity index (χ3v) is 1.52. The fraction of sp³-hybridized carbons (Fsp3) is 0.800. The van der Waals surface area contributed by atoms with Crippen molar-refractivity contribution in [3.63, 3.8) is 0 Å². The molecule has 0 aromatic heterocycles. The lowest BCUT2D eigenvalue weighted by atomic mass is 10.2. The summed E-state index contributed by atoms with van der Waals surface area (Å²) >= 11 is 0. The van der Waals surface area contributed by atoms with Gasteiger partial charge in [-0.25, -0.2) is 0 Å². The maximum atomic E-state index is 11.2. The van der Waals surface area contributed by atoms with Gasteiger partial charge in [0.05, 0.1) is 19.3 Å². The summed E-state index contributed by atoms with van der Waals surface area (Å²) in [5, 5.41) is 2.43. The minimum atomic E-state index is -0.458. The zero-order valence-electron chi connectivity index (χ0n) is 9.75. The molecule has 0 spiro atoms. The third-order valence-electron chi connectivity index (χ3n) is 1.52. The second kappa shape index (κ2) is 6.40. The molecular formula is C10H19NO4. The number of carbonyl (C=O) groups excluding carboxylic acids is 2. The zero-order chi connectivity index (χ0) is 11.9. The molecule has 5 heteroatoms. The van der Waals surface area contributed by atoms with Crippen LogP contribution in [-0.4, -0.2) is 37.7 Å². The molecule has 0 saturated heterocycles. The van der Waals surface area contributed by atoms with Crippen molar-refractivity contribution in [2.24, 2.45) is 0 Å². The maximum absolute atomic E-state index is 11.2. The van der Waals surface area contributed by atoms with Crippen LogP contribution in [0.1, 0.15) is 27.2 Å². The highest BCUT2D eigenvalue weighted by Crippen LogP contribution is 2.06. The number of amides is 1. The topological polar surface area (TPSA) is 64.6 Å². The SMILES string of the molecule is COC(=O)CNC(=O)CCOC(C)(C)C. The Hall–Kier alpha value is -1.10. The number of esters is 1. The number of hydrogen-bond donors (Lipinski definition) is 1. The van der Waals surface area contributed by atoms with E-state index >= 15 is 0 Å². The molecule has 1 N–H and O–H groups in total. The number of carbonyl (C=O) groups is 2. The summed E-state index contributed by atoms with van der Waals surface area (Å²) in [6.45, 7) is 6.00. The lowest BCUT2D eigenvalue weighted by Gasteiger charge is -2.19. The molecule has 0 unspecified atom stereocenters. The number of rotatable bonds is 5. The van der Waals surface area contributed by atoms with Crippen LogP contribution in [0.25, 0.3) is 0 Å². The van der Waals surface area contributed by atoms with Gasteiger partial charge in [0.2, 0.25) is 5.91 Å². The second-order valence-corrected chi connectivity index (χ2v) is 4.06. The van der Waals surface area contributed by atoms with Gasteiger partial charge in [0.25, 0.3) is 0 Å². The van der Waals surface area contributed by atoms with Gasteiger partial charge in [0.15, 0.2) is 0 Å². The largest absolute Gasteiger partial charge is 0.468 e. The Balaban J connectivity index is 3.54. The van der Waals surface area contributed by atoms with Gasteiger partial charge in [-0.05, 0) is 20.8 Å². The molecule has 88 valence electrons. The van der Waals surface area contributed by atoms with Crippen molar-refractivity contribution >= 4 is 11.9 Å². The van der Waals surface area contributed by atoms with Crippen molar-refractivity contribution in [2.75, 3.05) is 20.3 Å². The molecule has 0 atom stereocenters. The minimum Gasteiger partial charge on any atom is -0.468 e. The quantitative estimate of drug-likeness (QED) is 0.680. The molecule has 0 radical (unpaired) electrons. The van der Waals surface area contributed by atoms with Gasteiger partial charge in [0, 0.05) is 6.42 Å². The van der Waals surface area contributed by atoms with Gasteiger partial charge in [-0.2, -0.15) is 0 Å². The van der Waals surface area contributed by atoms with E-state index in [-0.39, 0.29) is 24.5 Å². The molecule has 0 aromatic carbocycles. The molecule has 1 amide bonds. The van der Waals surface area contributed by atoms with E-state index in [1.807, 2.05) is 20.8 Å². The van der Waals surface area contributed by atoms with E-state index in [1.165, 1.54) is 7.11 Å². The van der Waals surface area contributed by atoms with Gasteiger partial charge < -0.3 is 14.8 Å². The van der Waals surface area contributed by atoms with E-state index in [1.54, 1.807) is 0 Å². The van der Waals surface area contributed by atoms with E-state index in [0.29, 0.717) is 6.61 Å². The predicted molar refractivity (Wildman–Crippen MR) is 55.3 cm³/mol. The first-order valence-corrected chi connectivity index (χ1v) is 4.82. The predicted octanol–water partition coefficient (Wildman–Crippen LogP) is 0.481. The minimum absolute atomic E-state index is 0.0924. The van der Waals surface area contributed by atoms with Crippen LogP contribution in [0, 0.1) is 0 Å². The molecule has 0 fully saturated rings. The first-order chi connectivity index (χ1) is 6.85. The van der Waals surface area contributed by atoms with Crippen molar-refractivity contribution < 1.29 is 19.1 Å². The summed E-state index contributed by atoms with van der Waals surface area (Å²) < 4.78 is 9.73. The fourth-order valence-corrected chi connectivity index (χ4v) is 0.781. The fourth-order valence-electron chi connectivity index (χ4n) is 0.781. The Kier molecular flexibility index (Phi) is 5.93. The molecular weight excluding hydrogens is 198 g/mol. The van der Waals surface area contributed by atoms with E-state index in [4.69, 9.17) is 4.74 Å². The van der Waals surface area contributed by atoms with Crippen molar-refractivity contribution in [2.45, 2.75) is 32.8 Å². The smallest absolute Gasteiger partial charge is 0.325 e. The van der Waals surface area contributed by atoms with Gasteiger partial charge in [-0.15, -0.1) is 0 Å². The molecule has 15 heavy (non-hydrogen) atoms. The van der Waals surface area contributed by atoms with Crippen LogP contribution in [0.15, 0.2) is 0 Å². The van der Waals surface area contributed by atoms with Crippen molar-refractivity contribution in [3.05, 3.63) is 0 Å². The van der Waals surface area contributed by atoms with E-state index in [9.17, 15) is 9.59 Å². The Bertz CT molecular complexity index is 220. The van der Waals surface area contributed by atoms with Crippen LogP contribution in [0.2, 0.25) is 0 Å². The standard InChI is InChI=1S/C10H19NO4/c1-10(2,3)15-6-5-8(12)11-7-9(13)14-4/h5-7H2,1-4H3,(H,11,12). The van der Waals surface area contributed by atoms with E-state index in [2.05, 4.69) is 10.1 Å². The summed E-state index contributed by atoms with van der Waals surface area (Å²) in [6, 6.07) is 0. The summed E-state index contributed by atoms with van der Waals surface area (Å²) in [4.78, 5) is 21.8. The lowest BCUT2D eigenvalue weighted by molar-refractivity contribution is -0.141. The second-order valence-electron chi connectivity index (χ2n) is 4.06. The average molecular weight is 217 g/mol. The summed E-state index contributed by atoms with van der Waals surface area (Å²) in [6.07, 6.45) is 0.244. The molecule has 0 aliphatic carbocycles. The average Bonchev–Trinajstić information content (AvgIpc) is 2.12. The highest BCUT2D eigenvalue weighted by atomic mass is 16.5. The van der Waals surface area contributed by atoms with Gasteiger partial charge >= 0.3 is 5.97 Å². The molecule has 0 saturated carbocycles. The van der Waals surface area contributed by atoms with Gasteiger partial charge in [0.1, 0.15) is 6.54 Å². The van der Waals surface area contributed by atoms with Crippen LogP contribution in [-0.2, 0) is 19.1 Å². The Morgan fingerprint density at radius 3 is 2.33 bits per heavy atom. The normalized spacial score (nSPS) is 10.9. The Labute approximate surface area is 90.1 Å². The maximum Gasteiger partial charge on any atom is 0.325 e. The molecule has 5 nitrogen and oxygen atoms in total. The highest BCUT2D eigenvalue weighted by Gasteiger charge is 2.11. The molecule has 0 aliphatic heterocycles. The van der Waals surface area contributed by atoms with Gasteiger partial charge in [-0.3, -0.25) is 9.59 Å². The van der Waals surface area contributed by atoms with Crippen molar-refractivity contribution in [3.8, 4) is 0 Å². The molecule has 0 rings (SSSR count). The summed E-state index contributed by atoms with van der Waals surface area (Å²) in [5.41, 5.74) is -0.247. The molecule has 0 bridgehead atoms. The number of hydrogen-bond acceptors (Lipinski definition) is 4. The van der Waals surface area contributed by atoms with Crippen LogP contribution in [0.4, 0.5) is 0 Å². The van der Waals surface area contributed by atoms with E-state index in [0.717, 1.165) is 0 Å². The summed E-state index contributed by atoms with van der Waals surface area (Å²) in [7, 11) is 1.28. The zero-order valence-corrected chi connectivity index (χ0v) is 9.75. The number of methoxy groups -OCH3 is 1. The summed E-state index contributed by atoms with van der Waals surface area (Å²) in [5.74, 6) is -0.676. The van der Waals surface area contributed by atoms with Crippen LogP contribution in [0.5, 0.6) is 0 Å². The van der Waals surface area contributed by atoms with Crippen molar-refractivity contribution in [1.29, 1.82) is 0 Å². The Morgan fingerprint density at radius 1 is 1.27 bits per heavy atom. The van der Waals surface area contributed by atoms with Gasteiger partial charge in [-0.1, -0.05) is 0 Å². The monoisotopic (exact) mass is 217 g/mol. The number of ether oxygens (including phenoxy) is 2. The molecule has 0 aliphatic rings.